The molecule has 0 amide bonds. The molecule has 0 radical (unpaired) electrons. The van der Waals surface area contributed by atoms with Crippen molar-refractivity contribution in [3.8, 4) is 22.3 Å². The predicted octanol–water partition coefficient (Wildman–Crippen LogP) is 10.8. The summed E-state index contributed by atoms with van der Waals surface area (Å²) in [5.41, 5.74) is 13.5. The topological polar surface area (TPSA) is 33.5 Å². The molecule has 47 heavy (non-hydrogen) atoms. The van der Waals surface area contributed by atoms with Crippen LogP contribution in [-0.2, 0) is 5.41 Å². The van der Waals surface area contributed by atoms with E-state index >= 15 is 0 Å². The second kappa shape index (κ2) is 9.65. The van der Waals surface area contributed by atoms with Gasteiger partial charge in [-0.3, -0.25) is 4.79 Å². The van der Waals surface area contributed by atoms with Gasteiger partial charge in [-0.1, -0.05) is 103 Å². The standard InChI is InChI=1S/C44H27NO2/c46-43-33-19-9-12-22-41(33)47-42-27-40-35(26-36(42)43)32-18-8-11-21-38(32)44(40)37-20-10-7-17-31(37)34-25-30(23-24-39(34)44)45(28-13-3-1-4-14-28)29-15-5-2-6-16-29/h1-27H. The quantitative estimate of drug-likeness (QED) is 0.189. The molecule has 0 saturated heterocycles. The number of rotatable bonds is 3. The molecule has 0 saturated carbocycles. The Morgan fingerprint density at radius 3 is 1.64 bits per heavy atom. The van der Waals surface area contributed by atoms with E-state index < -0.39 is 5.41 Å². The van der Waals surface area contributed by atoms with Crippen molar-refractivity contribution in [1.82, 2.24) is 0 Å². The smallest absolute Gasteiger partial charge is 0.200 e. The molecule has 2 aliphatic carbocycles. The van der Waals surface area contributed by atoms with E-state index in [0.717, 1.165) is 33.8 Å². The molecule has 2 aliphatic rings. The molecule has 3 heteroatoms. The van der Waals surface area contributed by atoms with Crippen LogP contribution in [0.5, 0.6) is 0 Å². The molecule has 0 fully saturated rings. The first-order chi connectivity index (χ1) is 23.2. The SMILES string of the molecule is O=c1c2ccccc2oc2cc3c(cc12)-c1ccccc1C31c2ccccc2-c2cc(N(c3ccccc3)c3ccccc3)ccc21. The summed E-state index contributed by atoms with van der Waals surface area (Å²) in [7, 11) is 0. The molecule has 1 atom stereocenters. The zero-order valence-corrected chi connectivity index (χ0v) is 25.4. The van der Waals surface area contributed by atoms with Crippen LogP contribution in [-0.4, -0.2) is 0 Å². The molecule has 1 aromatic heterocycles. The molecule has 1 heterocycles. The van der Waals surface area contributed by atoms with Crippen LogP contribution < -0.4 is 10.3 Å². The van der Waals surface area contributed by atoms with Gasteiger partial charge in [-0.2, -0.15) is 0 Å². The van der Waals surface area contributed by atoms with E-state index in [1.807, 2.05) is 24.3 Å². The third-order valence-electron chi connectivity index (χ3n) is 10.1. The molecular weight excluding hydrogens is 574 g/mol. The van der Waals surface area contributed by atoms with Crippen LogP contribution in [0.15, 0.2) is 173 Å². The van der Waals surface area contributed by atoms with Crippen molar-refractivity contribution in [3.05, 3.63) is 196 Å². The summed E-state index contributed by atoms with van der Waals surface area (Å²) < 4.78 is 6.47. The average molecular weight is 602 g/mol. The minimum absolute atomic E-state index is 0.00172. The van der Waals surface area contributed by atoms with Crippen molar-refractivity contribution >= 4 is 39.0 Å². The van der Waals surface area contributed by atoms with Crippen molar-refractivity contribution in [2.45, 2.75) is 5.41 Å². The highest BCUT2D eigenvalue weighted by Gasteiger charge is 2.52. The Hall–Kier alpha value is -6.19. The van der Waals surface area contributed by atoms with E-state index in [2.05, 4.69) is 144 Å². The average Bonchev–Trinajstić information content (AvgIpc) is 3.58. The van der Waals surface area contributed by atoms with Gasteiger partial charge in [0.05, 0.1) is 16.2 Å². The molecule has 8 aromatic rings. The highest BCUT2D eigenvalue weighted by atomic mass is 16.3. The fourth-order valence-corrected chi connectivity index (χ4v) is 8.16. The maximum Gasteiger partial charge on any atom is 0.200 e. The van der Waals surface area contributed by atoms with Gasteiger partial charge in [0.15, 0.2) is 0 Å². The maximum atomic E-state index is 13.8. The summed E-state index contributed by atoms with van der Waals surface area (Å²) in [6, 6.07) is 57.2. The van der Waals surface area contributed by atoms with Crippen LogP contribution in [0.25, 0.3) is 44.2 Å². The lowest BCUT2D eigenvalue weighted by Crippen LogP contribution is -2.26. The molecule has 220 valence electrons. The zero-order chi connectivity index (χ0) is 31.1. The summed E-state index contributed by atoms with van der Waals surface area (Å²) in [6.07, 6.45) is 0. The first-order valence-electron chi connectivity index (χ1n) is 16.0. The number of nitrogens with zero attached hydrogens (tertiary/aromatic N) is 1. The lowest BCUT2D eigenvalue weighted by atomic mass is 9.70. The Morgan fingerprint density at radius 1 is 0.404 bits per heavy atom. The fraction of sp³-hybridized carbons (Fsp3) is 0.0227. The summed E-state index contributed by atoms with van der Waals surface area (Å²) in [5.74, 6) is 0. The van der Waals surface area contributed by atoms with E-state index in [1.54, 1.807) is 0 Å². The van der Waals surface area contributed by atoms with Crippen LogP contribution >= 0.6 is 0 Å². The largest absolute Gasteiger partial charge is 0.456 e. The lowest BCUT2D eigenvalue weighted by Gasteiger charge is -2.31. The molecule has 0 bridgehead atoms. The van der Waals surface area contributed by atoms with Gasteiger partial charge in [-0.15, -0.1) is 0 Å². The van der Waals surface area contributed by atoms with E-state index in [1.165, 1.54) is 27.8 Å². The van der Waals surface area contributed by atoms with Crippen LogP contribution in [0.2, 0.25) is 0 Å². The van der Waals surface area contributed by atoms with Crippen LogP contribution in [0.1, 0.15) is 22.3 Å². The third-order valence-corrected chi connectivity index (χ3v) is 10.1. The van der Waals surface area contributed by atoms with E-state index in [4.69, 9.17) is 4.42 Å². The fourth-order valence-electron chi connectivity index (χ4n) is 8.16. The molecule has 1 unspecified atom stereocenters. The number of anilines is 3. The Balaban J connectivity index is 1.28. The minimum atomic E-state index is -0.556. The van der Waals surface area contributed by atoms with Crippen molar-refractivity contribution in [1.29, 1.82) is 0 Å². The van der Waals surface area contributed by atoms with E-state index in [-0.39, 0.29) is 5.43 Å². The van der Waals surface area contributed by atoms with Gasteiger partial charge < -0.3 is 9.32 Å². The molecule has 0 aliphatic heterocycles. The summed E-state index contributed by atoms with van der Waals surface area (Å²) >= 11 is 0. The van der Waals surface area contributed by atoms with Crippen molar-refractivity contribution in [3.63, 3.8) is 0 Å². The van der Waals surface area contributed by atoms with Gasteiger partial charge in [0, 0.05) is 17.1 Å². The minimum Gasteiger partial charge on any atom is -0.456 e. The molecule has 7 aromatic carbocycles. The van der Waals surface area contributed by atoms with Crippen LogP contribution in [0.4, 0.5) is 17.1 Å². The first-order valence-corrected chi connectivity index (χ1v) is 16.0. The summed E-state index contributed by atoms with van der Waals surface area (Å²) in [4.78, 5) is 16.1. The first kappa shape index (κ1) is 26.1. The molecule has 3 nitrogen and oxygen atoms in total. The number of hydrogen-bond donors (Lipinski definition) is 0. The Bertz CT molecular complexity index is 2560. The third kappa shape index (κ3) is 3.48. The van der Waals surface area contributed by atoms with E-state index in [0.29, 0.717) is 21.9 Å². The second-order valence-corrected chi connectivity index (χ2v) is 12.4. The van der Waals surface area contributed by atoms with Gasteiger partial charge >= 0.3 is 0 Å². The molecule has 0 N–H and O–H groups in total. The molecule has 10 rings (SSSR count). The zero-order valence-electron chi connectivity index (χ0n) is 25.4. The van der Waals surface area contributed by atoms with Crippen LogP contribution in [0.3, 0.4) is 0 Å². The Kier molecular flexibility index (Phi) is 5.35. The Morgan fingerprint density at radius 2 is 0.957 bits per heavy atom. The van der Waals surface area contributed by atoms with Gasteiger partial charge in [0.1, 0.15) is 11.2 Å². The highest BCUT2D eigenvalue weighted by molar-refractivity contribution is 6.01. The van der Waals surface area contributed by atoms with Crippen molar-refractivity contribution in [2.24, 2.45) is 0 Å². The normalized spacial score (nSPS) is 15.4. The van der Waals surface area contributed by atoms with Crippen molar-refractivity contribution < 1.29 is 4.42 Å². The number of fused-ring (bicyclic) bond motifs is 12. The van der Waals surface area contributed by atoms with E-state index in [9.17, 15) is 4.79 Å². The molecular formula is C44H27NO2. The number of benzene rings is 7. The Labute approximate surface area is 271 Å². The monoisotopic (exact) mass is 601 g/mol. The number of para-hydroxylation sites is 3. The summed E-state index contributed by atoms with van der Waals surface area (Å²) in [6.45, 7) is 0. The second-order valence-electron chi connectivity index (χ2n) is 12.4. The van der Waals surface area contributed by atoms with Gasteiger partial charge in [0.2, 0.25) is 5.43 Å². The van der Waals surface area contributed by atoms with Crippen molar-refractivity contribution in [2.75, 3.05) is 4.90 Å². The van der Waals surface area contributed by atoms with Gasteiger partial charge in [0.25, 0.3) is 0 Å². The maximum absolute atomic E-state index is 13.8. The lowest BCUT2D eigenvalue weighted by molar-refractivity contribution is 0.657. The molecule has 1 spiro atoms. The predicted molar refractivity (Wildman–Crippen MR) is 191 cm³/mol. The van der Waals surface area contributed by atoms with Gasteiger partial charge in [-0.25, -0.2) is 0 Å². The summed E-state index contributed by atoms with van der Waals surface area (Å²) in [5, 5.41) is 1.21. The van der Waals surface area contributed by atoms with Crippen LogP contribution in [0, 0.1) is 0 Å². The highest BCUT2D eigenvalue weighted by Crippen LogP contribution is 2.63. The number of hydrogen-bond acceptors (Lipinski definition) is 3. The van der Waals surface area contributed by atoms with Gasteiger partial charge in [-0.05, 0) is 105 Å².